The van der Waals surface area contributed by atoms with Gasteiger partial charge in [0.1, 0.15) is 10.9 Å². The molecule has 5 aromatic rings. The fraction of sp³-hybridized carbons (Fsp3) is 0.174. The number of ether oxygens (including phenoxy) is 3. The van der Waals surface area contributed by atoms with E-state index in [9.17, 15) is 4.79 Å². The summed E-state index contributed by atoms with van der Waals surface area (Å²) in [6.45, 7) is 1.72. The third kappa shape index (κ3) is 3.23. The average Bonchev–Trinajstić information content (AvgIpc) is 3.27. The number of rotatable bonds is 5. The van der Waals surface area contributed by atoms with Crippen molar-refractivity contribution in [1.82, 2.24) is 25.0 Å². The Morgan fingerprint density at radius 2 is 1.61 bits per heavy atom. The maximum atomic E-state index is 12.8. The number of pyridine rings is 1. The topological polar surface area (TPSA) is 114 Å². The van der Waals surface area contributed by atoms with Crippen LogP contribution >= 0.6 is 0 Å². The molecule has 33 heavy (non-hydrogen) atoms. The maximum absolute atomic E-state index is 12.8. The summed E-state index contributed by atoms with van der Waals surface area (Å²) in [4.78, 5) is 22.0. The molecule has 10 nitrogen and oxygen atoms in total. The van der Waals surface area contributed by atoms with Crippen LogP contribution in [0.1, 0.15) is 5.69 Å². The van der Waals surface area contributed by atoms with Crippen molar-refractivity contribution in [3.63, 3.8) is 0 Å². The predicted molar refractivity (Wildman–Crippen MR) is 120 cm³/mol. The largest absolute Gasteiger partial charge is 0.493 e. The van der Waals surface area contributed by atoms with E-state index in [4.69, 9.17) is 18.6 Å². The van der Waals surface area contributed by atoms with Crippen molar-refractivity contribution in [2.75, 3.05) is 21.3 Å². The molecule has 0 aliphatic heterocycles. The smallest absolute Gasteiger partial charge is 0.349 e. The fourth-order valence-corrected chi connectivity index (χ4v) is 3.72. The highest BCUT2D eigenvalue weighted by atomic mass is 16.5. The lowest BCUT2D eigenvalue weighted by Crippen LogP contribution is -2.07. The second kappa shape index (κ2) is 7.90. The van der Waals surface area contributed by atoms with E-state index in [0.29, 0.717) is 50.9 Å². The quantitative estimate of drug-likeness (QED) is 0.402. The first-order valence-electron chi connectivity index (χ1n) is 9.98. The molecule has 0 atom stereocenters. The minimum atomic E-state index is -0.534. The molecular formula is C23H19N5O5. The van der Waals surface area contributed by atoms with Crippen LogP contribution < -0.4 is 19.8 Å². The van der Waals surface area contributed by atoms with Crippen LogP contribution in [0.2, 0.25) is 0 Å². The normalized spacial score (nSPS) is 11.2. The summed E-state index contributed by atoms with van der Waals surface area (Å²) in [7, 11) is 4.60. The molecule has 3 aromatic heterocycles. The lowest BCUT2D eigenvalue weighted by molar-refractivity contribution is 0.324. The number of benzene rings is 2. The van der Waals surface area contributed by atoms with Gasteiger partial charge in [-0.1, -0.05) is 23.4 Å². The second-order valence-corrected chi connectivity index (χ2v) is 7.15. The van der Waals surface area contributed by atoms with Gasteiger partial charge < -0.3 is 18.6 Å². The van der Waals surface area contributed by atoms with E-state index < -0.39 is 5.63 Å². The number of hydrogen-bond acceptors (Lipinski definition) is 9. The number of aryl methyl sites for hydroxylation is 1. The Balaban J connectivity index is 1.79. The molecule has 10 heteroatoms. The molecule has 0 saturated heterocycles. The monoisotopic (exact) mass is 445 g/mol. The summed E-state index contributed by atoms with van der Waals surface area (Å²) >= 11 is 0. The molecular weight excluding hydrogens is 426 g/mol. The molecule has 0 radical (unpaired) electrons. The van der Waals surface area contributed by atoms with E-state index in [-0.39, 0.29) is 11.3 Å². The van der Waals surface area contributed by atoms with Crippen LogP contribution in [0, 0.1) is 6.92 Å². The number of methoxy groups -OCH3 is 3. The van der Waals surface area contributed by atoms with Crippen molar-refractivity contribution in [2.45, 2.75) is 6.92 Å². The van der Waals surface area contributed by atoms with Gasteiger partial charge in [-0.05, 0) is 19.1 Å². The van der Waals surface area contributed by atoms with Crippen LogP contribution in [0.25, 0.3) is 39.2 Å². The number of hydrogen-bond donors (Lipinski definition) is 0. The van der Waals surface area contributed by atoms with Gasteiger partial charge in [-0.3, -0.25) is 0 Å². The van der Waals surface area contributed by atoms with Gasteiger partial charge in [-0.2, -0.15) is 4.68 Å². The van der Waals surface area contributed by atoms with E-state index in [1.165, 1.54) is 26.0 Å². The molecule has 0 aliphatic carbocycles. The summed E-state index contributed by atoms with van der Waals surface area (Å²) in [5.74, 6) is 1.56. The van der Waals surface area contributed by atoms with E-state index in [2.05, 4.69) is 20.3 Å². The predicted octanol–water partition coefficient (Wildman–Crippen LogP) is 3.32. The first-order valence-corrected chi connectivity index (χ1v) is 9.98. The van der Waals surface area contributed by atoms with Gasteiger partial charge in [0.15, 0.2) is 22.7 Å². The van der Waals surface area contributed by atoms with Crippen LogP contribution in [-0.4, -0.2) is 46.3 Å². The van der Waals surface area contributed by atoms with Gasteiger partial charge in [0.25, 0.3) is 0 Å². The van der Waals surface area contributed by atoms with Crippen LogP contribution in [0.15, 0.2) is 51.7 Å². The molecule has 0 bridgehead atoms. The summed E-state index contributed by atoms with van der Waals surface area (Å²) in [6.07, 6.45) is 0. The first-order chi connectivity index (χ1) is 16.0. The van der Waals surface area contributed by atoms with Crippen molar-refractivity contribution in [3.05, 3.63) is 58.6 Å². The Labute approximate surface area is 187 Å². The Bertz CT molecular complexity index is 1530. The van der Waals surface area contributed by atoms with Crippen LogP contribution in [0.4, 0.5) is 0 Å². The Hall–Kier alpha value is -4.47. The van der Waals surface area contributed by atoms with Gasteiger partial charge in [0, 0.05) is 17.7 Å². The fourth-order valence-electron chi connectivity index (χ4n) is 3.72. The zero-order valence-corrected chi connectivity index (χ0v) is 18.3. The zero-order valence-electron chi connectivity index (χ0n) is 18.3. The number of aromatic nitrogens is 5. The van der Waals surface area contributed by atoms with Crippen molar-refractivity contribution in [1.29, 1.82) is 0 Å². The van der Waals surface area contributed by atoms with Crippen LogP contribution in [-0.2, 0) is 0 Å². The van der Waals surface area contributed by atoms with Crippen molar-refractivity contribution in [3.8, 4) is 34.4 Å². The van der Waals surface area contributed by atoms with Gasteiger partial charge in [-0.25, -0.2) is 14.8 Å². The summed E-state index contributed by atoms with van der Waals surface area (Å²) in [5, 5.41) is 8.83. The summed E-state index contributed by atoms with van der Waals surface area (Å²) in [5.41, 5.74) is 2.34. The number of nitrogens with zero attached hydrogens (tertiary/aromatic N) is 5. The zero-order chi connectivity index (χ0) is 23.1. The van der Waals surface area contributed by atoms with Crippen molar-refractivity contribution >= 4 is 22.1 Å². The lowest BCUT2D eigenvalue weighted by atomic mass is 10.2. The molecule has 0 aliphatic rings. The van der Waals surface area contributed by atoms with Crippen molar-refractivity contribution in [2.24, 2.45) is 0 Å². The lowest BCUT2D eigenvalue weighted by Gasteiger charge is -2.14. The maximum Gasteiger partial charge on any atom is 0.349 e. The molecule has 0 unspecified atom stereocenters. The van der Waals surface area contributed by atoms with Gasteiger partial charge in [0.2, 0.25) is 11.6 Å². The van der Waals surface area contributed by atoms with Crippen LogP contribution in [0.5, 0.6) is 17.2 Å². The molecule has 0 spiro atoms. The third-order valence-corrected chi connectivity index (χ3v) is 5.26. The Kier molecular flexibility index (Phi) is 4.89. The van der Waals surface area contributed by atoms with Gasteiger partial charge in [-0.15, -0.1) is 5.10 Å². The summed E-state index contributed by atoms with van der Waals surface area (Å²) in [6, 6.07) is 12.7. The highest BCUT2D eigenvalue weighted by Crippen LogP contribution is 2.39. The first kappa shape index (κ1) is 20.4. The molecule has 0 fully saturated rings. The minimum Gasteiger partial charge on any atom is -0.493 e. The van der Waals surface area contributed by atoms with Crippen molar-refractivity contribution < 1.29 is 18.6 Å². The standard InChI is InChI=1S/C23H19N5O5/c1-12-17-18(25-22(33-23(17)29)13-8-6-5-7-9-13)19-21(24-12)28(27-26-19)14-10-15(30-2)20(32-4)16(11-14)31-3/h5-11H,1-4H3. The third-order valence-electron chi connectivity index (χ3n) is 5.26. The van der Waals surface area contributed by atoms with Crippen LogP contribution in [0.3, 0.4) is 0 Å². The van der Waals surface area contributed by atoms with E-state index in [1.54, 1.807) is 19.1 Å². The minimum absolute atomic E-state index is 0.197. The Morgan fingerprint density at radius 3 is 2.24 bits per heavy atom. The highest BCUT2D eigenvalue weighted by molar-refractivity contribution is 6.00. The van der Waals surface area contributed by atoms with E-state index in [1.807, 2.05) is 30.3 Å². The highest BCUT2D eigenvalue weighted by Gasteiger charge is 2.21. The van der Waals surface area contributed by atoms with E-state index >= 15 is 0 Å². The average molecular weight is 445 g/mol. The molecule has 0 N–H and O–H groups in total. The molecule has 166 valence electrons. The number of fused-ring (bicyclic) bond motifs is 3. The molecule has 5 rings (SSSR count). The van der Waals surface area contributed by atoms with Gasteiger partial charge in [0.05, 0.1) is 32.7 Å². The molecule has 0 amide bonds. The summed E-state index contributed by atoms with van der Waals surface area (Å²) < 4.78 is 23.3. The van der Waals surface area contributed by atoms with E-state index in [0.717, 1.165) is 0 Å². The molecule has 3 heterocycles. The SMILES string of the molecule is COc1cc(-n2nnc3c4nc(-c5ccccc5)oc(=O)c4c(C)nc32)cc(OC)c1OC. The molecule has 0 saturated carbocycles. The second-order valence-electron chi connectivity index (χ2n) is 7.15. The molecule has 2 aromatic carbocycles. The Morgan fingerprint density at radius 1 is 0.909 bits per heavy atom. The van der Waals surface area contributed by atoms with Gasteiger partial charge >= 0.3 is 5.63 Å².